The maximum absolute atomic E-state index is 13.7. The third kappa shape index (κ3) is 5.25. The average Bonchev–Trinajstić information content (AvgIpc) is 3.58. The van der Waals surface area contributed by atoms with Crippen molar-refractivity contribution in [2.24, 2.45) is 0 Å². The first kappa shape index (κ1) is 23.4. The van der Waals surface area contributed by atoms with Gasteiger partial charge >= 0.3 is 0 Å². The third-order valence-corrected chi connectivity index (χ3v) is 6.02. The van der Waals surface area contributed by atoms with Crippen LogP contribution in [0.4, 0.5) is 5.69 Å². The molecule has 178 valence electrons. The van der Waals surface area contributed by atoms with E-state index in [1.165, 1.54) is 11.2 Å². The summed E-state index contributed by atoms with van der Waals surface area (Å²) in [6.07, 6.45) is 5.51. The molecular weight excluding hydrogens is 432 g/mol. The summed E-state index contributed by atoms with van der Waals surface area (Å²) in [5, 5.41) is 3.17. The van der Waals surface area contributed by atoms with Crippen molar-refractivity contribution < 1.29 is 23.5 Å². The Morgan fingerprint density at radius 3 is 2.29 bits per heavy atom. The summed E-state index contributed by atoms with van der Waals surface area (Å²) in [6.45, 7) is 2.44. The zero-order valence-electron chi connectivity index (χ0n) is 19.5. The molecule has 0 spiro atoms. The molecule has 0 aliphatic heterocycles. The minimum absolute atomic E-state index is 0.106. The summed E-state index contributed by atoms with van der Waals surface area (Å²) in [7, 11) is 1.59. The van der Waals surface area contributed by atoms with Crippen molar-refractivity contribution in [3.05, 3.63) is 78.3 Å². The Bertz CT molecular complexity index is 1070. The Hall–Kier alpha value is -3.74. The minimum atomic E-state index is -0.901. The van der Waals surface area contributed by atoms with Gasteiger partial charge in [0, 0.05) is 11.7 Å². The van der Waals surface area contributed by atoms with Gasteiger partial charge in [-0.05, 0) is 73.9 Å². The van der Waals surface area contributed by atoms with Crippen LogP contribution in [0.25, 0.3) is 0 Å². The molecule has 1 fully saturated rings. The lowest BCUT2D eigenvalue weighted by atomic mass is 10.0. The number of amides is 2. The molecule has 0 bridgehead atoms. The number of carbonyl (C=O) groups excluding carboxylic acids is 2. The summed E-state index contributed by atoms with van der Waals surface area (Å²) in [5.41, 5.74) is 1.23. The zero-order valence-corrected chi connectivity index (χ0v) is 19.5. The van der Waals surface area contributed by atoms with Gasteiger partial charge in [0.15, 0.2) is 5.76 Å². The lowest BCUT2D eigenvalue weighted by Crippen LogP contribution is -2.46. The van der Waals surface area contributed by atoms with E-state index in [9.17, 15) is 9.59 Å². The Labute approximate surface area is 199 Å². The van der Waals surface area contributed by atoms with Crippen LogP contribution < -0.4 is 19.7 Å². The van der Waals surface area contributed by atoms with Crippen molar-refractivity contribution >= 4 is 17.5 Å². The topological polar surface area (TPSA) is 81.0 Å². The SMILES string of the molecule is CCOc1ccc(N(C(=O)c2ccco2)[C@@H](C(=O)NC2CCCC2)c2ccc(OC)cc2)cc1. The number of carbonyl (C=O) groups is 2. The normalized spacial score (nSPS) is 14.4. The molecule has 1 N–H and O–H groups in total. The predicted molar refractivity (Wildman–Crippen MR) is 129 cm³/mol. The number of nitrogens with one attached hydrogen (secondary N) is 1. The monoisotopic (exact) mass is 462 g/mol. The molecule has 0 saturated heterocycles. The molecule has 2 aromatic carbocycles. The molecule has 34 heavy (non-hydrogen) atoms. The lowest BCUT2D eigenvalue weighted by Gasteiger charge is -2.32. The molecule has 4 rings (SSSR count). The first-order chi connectivity index (χ1) is 16.6. The summed E-state index contributed by atoms with van der Waals surface area (Å²) in [4.78, 5) is 28.9. The molecule has 1 aromatic heterocycles. The molecule has 7 nitrogen and oxygen atoms in total. The van der Waals surface area contributed by atoms with Crippen LogP contribution in [0.1, 0.15) is 54.8 Å². The van der Waals surface area contributed by atoms with Gasteiger partial charge in [-0.25, -0.2) is 0 Å². The second-order valence-corrected chi connectivity index (χ2v) is 8.25. The average molecular weight is 463 g/mol. The first-order valence-corrected chi connectivity index (χ1v) is 11.6. The van der Waals surface area contributed by atoms with Crippen LogP contribution in [0.5, 0.6) is 11.5 Å². The van der Waals surface area contributed by atoms with Gasteiger partial charge in [0.05, 0.1) is 20.0 Å². The molecule has 0 radical (unpaired) electrons. The van der Waals surface area contributed by atoms with E-state index in [0.717, 1.165) is 25.7 Å². The van der Waals surface area contributed by atoms with E-state index in [4.69, 9.17) is 13.9 Å². The summed E-state index contributed by atoms with van der Waals surface area (Å²) in [5.74, 6) is 0.875. The molecule has 0 unspecified atom stereocenters. The maximum atomic E-state index is 13.7. The zero-order chi connectivity index (χ0) is 23.9. The molecule has 7 heteroatoms. The quantitative estimate of drug-likeness (QED) is 0.477. The molecule has 1 saturated carbocycles. The van der Waals surface area contributed by atoms with Gasteiger partial charge in [-0.15, -0.1) is 0 Å². The fourth-order valence-electron chi connectivity index (χ4n) is 4.33. The molecule has 1 aliphatic carbocycles. The minimum Gasteiger partial charge on any atom is -0.497 e. The van der Waals surface area contributed by atoms with Gasteiger partial charge in [0.1, 0.15) is 17.5 Å². The molecule has 1 atom stereocenters. The third-order valence-electron chi connectivity index (χ3n) is 6.02. The van der Waals surface area contributed by atoms with Gasteiger partial charge in [-0.2, -0.15) is 0 Å². The highest BCUT2D eigenvalue weighted by atomic mass is 16.5. The van der Waals surface area contributed by atoms with Crippen LogP contribution in [0.3, 0.4) is 0 Å². The van der Waals surface area contributed by atoms with Gasteiger partial charge in [0.25, 0.3) is 5.91 Å². The number of hydrogen-bond donors (Lipinski definition) is 1. The second-order valence-electron chi connectivity index (χ2n) is 8.25. The van der Waals surface area contributed by atoms with Crippen LogP contribution in [0, 0.1) is 0 Å². The summed E-state index contributed by atoms with van der Waals surface area (Å²) in [6, 6.07) is 16.8. The Morgan fingerprint density at radius 1 is 1.03 bits per heavy atom. The lowest BCUT2D eigenvalue weighted by molar-refractivity contribution is -0.123. The van der Waals surface area contributed by atoms with Crippen molar-refractivity contribution in [2.45, 2.75) is 44.7 Å². The highest BCUT2D eigenvalue weighted by molar-refractivity contribution is 6.08. The van der Waals surface area contributed by atoms with E-state index < -0.39 is 11.9 Å². The van der Waals surface area contributed by atoms with E-state index in [1.54, 1.807) is 55.6 Å². The smallest absolute Gasteiger partial charge is 0.294 e. The van der Waals surface area contributed by atoms with E-state index in [1.807, 2.05) is 19.1 Å². The Morgan fingerprint density at radius 2 is 1.71 bits per heavy atom. The number of ether oxygens (including phenoxy) is 2. The number of rotatable bonds is 9. The van der Waals surface area contributed by atoms with Gasteiger partial charge in [-0.1, -0.05) is 25.0 Å². The fourth-order valence-corrected chi connectivity index (χ4v) is 4.33. The van der Waals surface area contributed by atoms with Gasteiger partial charge < -0.3 is 19.2 Å². The van der Waals surface area contributed by atoms with Gasteiger partial charge in [-0.3, -0.25) is 14.5 Å². The van der Waals surface area contributed by atoms with Crippen molar-refractivity contribution in [3.63, 3.8) is 0 Å². The van der Waals surface area contributed by atoms with E-state index >= 15 is 0 Å². The van der Waals surface area contributed by atoms with Crippen molar-refractivity contribution in [1.29, 1.82) is 0 Å². The molecule has 2 amide bonds. The van der Waals surface area contributed by atoms with E-state index in [-0.39, 0.29) is 17.7 Å². The number of methoxy groups -OCH3 is 1. The van der Waals surface area contributed by atoms with Crippen LogP contribution in [0.15, 0.2) is 71.3 Å². The molecule has 1 heterocycles. The highest BCUT2D eigenvalue weighted by Gasteiger charge is 2.35. The molecular formula is C27H30N2O5. The number of furan rings is 1. The van der Waals surface area contributed by atoms with Crippen molar-refractivity contribution in [3.8, 4) is 11.5 Å². The number of nitrogens with zero attached hydrogens (tertiary/aromatic N) is 1. The van der Waals surface area contributed by atoms with Crippen molar-refractivity contribution in [1.82, 2.24) is 5.32 Å². The van der Waals surface area contributed by atoms with Crippen LogP contribution in [-0.2, 0) is 4.79 Å². The second kappa shape index (κ2) is 10.9. The number of hydrogen-bond acceptors (Lipinski definition) is 5. The highest BCUT2D eigenvalue weighted by Crippen LogP contribution is 2.32. The van der Waals surface area contributed by atoms with Crippen LogP contribution >= 0.6 is 0 Å². The summed E-state index contributed by atoms with van der Waals surface area (Å²) < 4.78 is 16.3. The summed E-state index contributed by atoms with van der Waals surface area (Å²) >= 11 is 0. The maximum Gasteiger partial charge on any atom is 0.294 e. The molecule has 1 aliphatic rings. The van der Waals surface area contributed by atoms with Crippen LogP contribution in [0.2, 0.25) is 0 Å². The number of benzene rings is 2. The largest absolute Gasteiger partial charge is 0.497 e. The van der Waals surface area contributed by atoms with E-state index in [0.29, 0.717) is 29.4 Å². The van der Waals surface area contributed by atoms with Gasteiger partial charge in [0.2, 0.25) is 5.91 Å². The first-order valence-electron chi connectivity index (χ1n) is 11.6. The molecule has 3 aromatic rings. The Kier molecular flexibility index (Phi) is 7.52. The predicted octanol–water partition coefficient (Wildman–Crippen LogP) is 5.13. The van der Waals surface area contributed by atoms with Crippen molar-refractivity contribution in [2.75, 3.05) is 18.6 Å². The standard InChI is InChI=1S/C27H30N2O5/c1-3-33-23-16-12-21(13-17-23)29(27(31)24-9-6-18-34-24)25(19-10-14-22(32-2)15-11-19)26(30)28-20-7-4-5-8-20/h6,9-18,20,25H,3-5,7-8H2,1-2H3,(H,28,30)/t25-/m1/s1. The number of anilines is 1. The fraction of sp³-hybridized carbons (Fsp3) is 0.333. The Balaban J connectivity index is 1.78. The van der Waals surface area contributed by atoms with E-state index in [2.05, 4.69) is 5.32 Å². The van der Waals surface area contributed by atoms with Crippen LogP contribution in [-0.4, -0.2) is 31.6 Å².